The van der Waals surface area contributed by atoms with Gasteiger partial charge in [0.1, 0.15) is 5.54 Å². The van der Waals surface area contributed by atoms with Crippen LogP contribution in [0.15, 0.2) is 18.3 Å². The SMILES string of the molecule is Cc1cccnc1CNC(=O)NC1(C(=O)O)CCOCC1. The summed E-state index contributed by atoms with van der Waals surface area (Å²) in [5.41, 5.74) is 0.474. The Morgan fingerprint density at radius 3 is 2.76 bits per heavy atom. The Hall–Kier alpha value is -2.15. The van der Waals surface area contributed by atoms with E-state index >= 15 is 0 Å². The largest absolute Gasteiger partial charge is 0.480 e. The third-order valence-electron chi connectivity index (χ3n) is 3.64. The average Bonchev–Trinajstić information content (AvgIpc) is 2.47. The molecule has 3 N–H and O–H groups in total. The Balaban J connectivity index is 1.94. The number of pyridine rings is 1. The van der Waals surface area contributed by atoms with Gasteiger partial charge in [0.05, 0.1) is 12.2 Å². The van der Waals surface area contributed by atoms with Gasteiger partial charge >= 0.3 is 12.0 Å². The Morgan fingerprint density at radius 2 is 2.14 bits per heavy atom. The minimum Gasteiger partial charge on any atom is -0.480 e. The first-order chi connectivity index (χ1) is 10.0. The normalized spacial score (nSPS) is 17.0. The van der Waals surface area contributed by atoms with Gasteiger partial charge in [-0.15, -0.1) is 0 Å². The van der Waals surface area contributed by atoms with Crippen LogP contribution in [0.5, 0.6) is 0 Å². The number of carboxylic acid groups (broad SMARTS) is 1. The van der Waals surface area contributed by atoms with E-state index in [4.69, 9.17) is 4.74 Å². The van der Waals surface area contributed by atoms with Crippen LogP contribution < -0.4 is 10.6 Å². The van der Waals surface area contributed by atoms with Crippen LogP contribution in [0.2, 0.25) is 0 Å². The molecule has 21 heavy (non-hydrogen) atoms. The first-order valence-corrected chi connectivity index (χ1v) is 6.81. The Morgan fingerprint density at radius 1 is 1.43 bits per heavy atom. The maximum absolute atomic E-state index is 12.0. The quantitative estimate of drug-likeness (QED) is 0.763. The van der Waals surface area contributed by atoms with E-state index in [2.05, 4.69) is 15.6 Å². The molecule has 7 nitrogen and oxygen atoms in total. The summed E-state index contributed by atoms with van der Waals surface area (Å²) < 4.78 is 5.16. The number of aryl methyl sites for hydroxylation is 1. The highest BCUT2D eigenvalue weighted by atomic mass is 16.5. The molecular weight excluding hydrogens is 274 g/mol. The number of amides is 2. The number of urea groups is 1. The van der Waals surface area contributed by atoms with Crippen LogP contribution in [-0.2, 0) is 16.1 Å². The molecule has 1 fully saturated rings. The summed E-state index contributed by atoms with van der Waals surface area (Å²) in [5, 5.41) is 14.6. The molecule has 0 saturated carbocycles. The number of nitrogens with zero attached hydrogens (tertiary/aromatic N) is 1. The van der Waals surface area contributed by atoms with E-state index in [1.54, 1.807) is 6.20 Å². The minimum atomic E-state index is -1.25. The van der Waals surface area contributed by atoms with Gasteiger partial charge in [0.2, 0.25) is 0 Å². The molecule has 2 heterocycles. The first kappa shape index (κ1) is 15.2. The molecule has 0 spiro atoms. The van der Waals surface area contributed by atoms with Crippen LogP contribution >= 0.6 is 0 Å². The summed E-state index contributed by atoms with van der Waals surface area (Å²) in [6.07, 6.45) is 2.18. The molecule has 0 radical (unpaired) electrons. The van der Waals surface area contributed by atoms with Crippen molar-refractivity contribution in [1.29, 1.82) is 0 Å². The van der Waals surface area contributed by atoms with Gasteiger partial charge in [0, 0.05) is 32.3 Å². The van der Waals surface area contributed by atoms with Gasteiger partial charge in [-0.1, -0.05) is 6.07 Å². The molecule has 1 saturated heterocycles. The second kappa shape index (κ2) is 6.53. The molecule has 0 aromatic carbocycles. The number of hydrogen-bond donors (Lipinski definition) is 3. The van der Waals surface area contributed by atoms with Crippen molar-refractivity contribution >= 4 is 12.0 Å². The summed E-state index contributed by atoms with van der Waals surface area (Å²) in [6.45, 7) is 2.81. The summed E-state index contributed by atoms with van der Waals surface area (Å²) in [5.74, 6) is -1.03. The highest BCUT2D eigenvalue weighted by molar-refractivity contribution is 5.86. The lowest BCUT2D eigenvalue weighted by Crippen LogP contribution is -2.59. The van der Waals surface area contributed by atoms with E-state index in [1.165, 1.54) is 0 Å². The number of aliphatic carboxylic acids is 1. The van der Waals surface area contributed by atoms with E-state index in [9.17, 15) is 14.7 Å². The summed E-state index contributed by atoms with van der Waals surface area (Å²) in [4.78, 5) is 27.6. The predicted octanol–water partition coefficient (Wildman–Crippen LogP) is 0.823. The third kappa shape index (κ3) is 3.69. The van der Waals surface area contributed by atoms with Gasteiger partial charge in [0.25, 0.3) is 0 Å². The molecule has 0 aliphatic carbocycles. The average molecular weight is 293 g/mol. The summed E-state index contributed by atoms with van der Waals surface area (Å²) in [7, 11) is 0. The maximum atomic E-state index is 12.0. The molecular formula is C14H19N3O4. The van der Waals surface area contributed by atoms with Crippen LogP contribution in [0.3, 0.4) is 0 Å². The van der Waals surface area contributed by atoms with Crippen molar-refractivity contribution in [2.24, 2.45) is 0 Å². The molecule has 0 bridgehead atoms. The van der Waals surface area contributed by atoms with Gasteiger partial charge in [0.15, 0.2) is 0 Å². The van der Waals surface area contributed by atoms with Crippen molar-refractivity contribution in [2.45, 2.75) is 31.8 Å². The Labute approximate surface area is 122 Å². The predicted molar refractivity (Wildman–Crippen MR) is 74.8 cm³/mol. The number of carbonyl (C=O) groups is 2. The Kier molecular flexibility index (Phi) is 4.74. The van der Waals surface area contributed by atoms with Crippen LogP contribution in [0.25, 0.3) is 0 Å². The molecule has 0 atom stereocenters. The van der Waals surface area contributed by atoms with Gasteiger partial charge in [-0.2, -0.15) is 0 Å². The van der Waals surface area contributed by atoms with Gasteiger partial charge in [-0.05, 0) is 18.6 Å². The number of rotatable bonds is 4. The number of carboxylic acids is 1. The number of aromatic nitrogens is 1. The van der Waals surface area contributed by atoms with Crippen LogP contribution in [0.4, 0.5) is 4.79 Å². The van der Waals surface area contributed by atoms with Gasteiger partial charge < -0.3 is 20.5 Å². The van der Waals surface area contributed by atoms with E-state index in [0.717, 1.165) is 11.3 Å². The van der Waals surface area contributed by atoms with Crippen molar-refractivity contribution in [3.63, 3.8) is 0 Å². The van der Waals surface area contributed by atoms with Crippen LogP contribution in [0.1, 0.15) is 24.1 Å². The van der Waals surface area contributed by atoms with Crippen molar-refractivity contribution in [3.8, 4) is 0 Å². The van der Waals surface area contributed by atoms with Crippen LogP contribution in [-0.4, -0.2) is 40.8 Å². The minimum absolute atomic E-state index is 0.255. The highest BCUT2D eigenvalue weighted by Crippen LogP contribution is 2.20. The van der Waals surface area contributed by atoms with E-state index in [-0.39, 0.29) is 19.4 Å². The number of nitrogens with one attached hydrogen (secondary N) is 2. The number of hydrogen-bond acceptors (Lipinski definition) is 4. The first-order valence-electron chi connectivity index (χ1n) is 6.81. The van der Waals surface area contributed by atoms with Crippen molar-refractivity contribution in [2.75, 3.05) is 13.2 Å². The third-order valence-corrected chi connectivity index (χ3v) is 3.64. The van der Waals surface area contributed by atoms with Gasteiger partial charge in [-0.3, -0.25) is 4.98 Å². The number of carbonyl (C=O) groups excluding carboxylic acids is 1. The van der Waals surface area contributed by atoms with E-state index < -0.39 is 17.5 Å². The van der Waals surface area contributed by atoms with E-state index in [0.29, 0.717) is 13.2 Å². The summed E-state index contributed by atoms with van der Waals surface area (Å²) >= 11 is 0. The fraction of sp³-hybridized carbons (Fsp3) is 0.500. The molecule has 1 aromatic heterocycles. The lowest BCUT2D eigenvalue weighted by atomic mass is 9.90. The zero-order valence-electron chi connectivity index (χ0n) is 11.9. The van der Waals surface area contributed by atoms with Crippen LogP contribution in [0, 0.1) is 6.92 Å². The second-order valence-corrected chi connectivity index (χ2v) is 5.07. The summed E-state index contributed by atoms with van der Waals surface area (Å²) in [6, 6.07) is 3.21. The lowest BCUT2D eigenvalue weighted by Gasteiger charge is -2.33. The molecule has 114 valence electrons. The zero-order valence-corrected chi connectivity index (χ0v) is 11.9. The fourth-order valence-corrected chi connectivity index (χ4v) is 2.24. The van der Waals surface area contributed by atoms with Crippen molar-refractivity contribution in [1.82, 2.24) is 15.6 Å². The zero-order chi connectivity index (χ0) is 15.3. The molecule has 0 unspecified atom stereocenters. The smallest absolute Gasteiger partial charge is 0.329 e. The fourth-order valence-electron chi connectivity index (χ4n) is 2.24. The van der Waals surface area contributed by atoms with E-state index in [1.807, 2.05) is 19.1 Å². The topological polar surface area (TPSA) is 101 Å². The molecule has 1 aromatic rings. The number of ether oxygens (including phenoxy) is 1. The monoisotopic (exact) mass is 293 g/mol. The second-order valence-electron chi connectivity index (χ2n) is 5.07. The molecule has 7 heteroatoms. The molecule has 1 aliphatic heterocycles. The highest BCUT2D eigenvalue weighted by Gasteiger charge is 2.41. The molecule has 2 amide bonds. The Bertz CT molecular complexity index is 527. The van der Waals surface area contributed by atoms with Crippen molar-refractivity contribution < 1.29 is 19.4 Å². The molecule has 2 rings (SSSR count). The lowest BCUT2D eigenvalue weighted by molar-refractivity contribution is -0.148. The molecule has 1 aliphatic rings. The van der Waals surface area contributed by atoms with Crippen molar-refractivity contribution in [3.05, 3.63) is 29.6 Å². The standard InChI is InChI=1S/C14H19N3O4/c1-10-3-2-6-15-11(10)9-16-13(20)17-14(12(18)19)4-7-21-8-5-14/h2-3,6H,4-5,7-9H2,1H3,(H,18,19)(H2,16,17,20). The maximum Gasteiger partial charge on any atom is 0.329 e. The van der Waals surface area contributed by atoms with Gasteiger partial charge in [-0.25, -0.2) is 9.59 Å².